The minimum absolute atomic E-state index is 0.0575. The smallest absolute Gasteiger partial charge is 0.253 e. The topological polar surface area (TPSA) is 63.1 Å². The highest BCUT2D eigenvalue weighted by Crippen LogP contribution is 2.28. The van der Waals surface area contributed by atoms with Crippen LogP contribution < -0.4 is 4.74 Å². The fourth-order valence-electron chi connectivity index (χ4n) is 3.20. The first-order valence-corrected chi connectivity index (χ1v) is 8.47. The molecule has 128 valence electrons. The molecule has 0 radical (unpaired) electrons. The molecule has 0 saturated carbocycles. The molecule has 2 aromatic rings. The molecule has 1 aliphatic rings. The van der Waals surface area contributed by atoms with E-state index < -0.39 is 0 Å². The van der Waals surface area contributed by atoms with E-state index in [1.54, 1.807) is 7.11 Å². The van der Waals surface area contributed by atoms with Gasteiger partial charge in [-0.2, -0.15) is 5.10 Å². The highest BCUT2D eigenvalue weighted by Gasteiger charge is 2.27. The van der Waals surface area contributed by atoms with Crippen molar-refractivity contribution in [1.82, 2.24) is 19.7 Å². The molecule has 6 nitrogen and oxygen atoms in total. The van der Waals surface area contributed by atoms with Crippen LogP contribution in [0.2, 0.25) is 0 Å². The SMILES string of the molecule is COc1cc(C(=O)N2CCC(c3n[nH]c(=S)n3C)CC2)ccc1C. The molecule has 1 saturated heterocycles. The first-order valence-electron chi connectivity index (χ1n) is 8.06. The van der Waals surface area contributed by atoms with E-state index in [1.165, 1.54) is 0 Å². The van der Waals surface area contributed by atoms with Gasteiger partial charge in [-0.25, -0.2) is 0 Å². The highest BCUT2D eigenvalue weighted by molar-refractivity contribution is 7.71. The van der Waals surface area contributed by atoms with Crippen LogP contribution in [0.5, 0.6) is 5.75 Å². The van der Waals surface area contributed by atoms with Crippen LogP contribution in [-0.4, -0.2) is 45.8 Å². The highest BCUT2D eigenvalue weighted by atomic mass is 32.1. The number of benzene rings is 1. The standard InChI is InChI=1S/C17H22N4O2S/c1-11-4-5-13(10-14(11)23-3)16(22)21-8-6-12(7-9-21)15-18-19-17(24)20(15)2/h4-5,10,12H,6-9H2,1-3H3,(H,19,24). The molecule has 24 heavy (non-hydrogen) atoms. The molecule has 0 bridgehead atoms. The fourth-order valence-corrected chi connectivity index (χ4v) is 3.34. The molecule has 7 heteroatoms. The lowest BCUT2D eigenvalue weighted by molar-refractivity contribution is 0.0710. The largest absolute Gasteiger partial charge is 0.496 e. The van der Waals surface area contributed by atoms with Gasteiger partial charge in [-0.1, -0.05) is 6.07 Å². The van der Waals surface area contributed by atoms with Gasteiger partial charge in [0.1, 0.15) is 11.6 Å². The van der Waals surface area contributed by atoms with Gasteiger partial charge in [0.2, 0.25) is 0 Å². The Morgan fingerprint density at radius 1 is 1.38 bits per heavy atom. The number of nitrogens with zero attached hydrogens (tertiary/aromatic N) is 3. The summed E-state index contributed by atoms with van der Waals surface area (Å²) in [6, 6.07) is 5.61. The van der Waals surface area contributed by atoms with Gasteiger partial charge in [0.25, 0.3) is 5.91 Å². The number of H-pyrrole nitrogens is 1. The van der Waals surface area contributed by atoms with Crippen LogP contribution >= 0.6 is 12.2 Å². The van der Waals surface area contributed by atoms with Crippen molar-refractivity contribution in [3.05, 3.63) is 39.9 Å². The zero-order valence-corrected chi connectivity index (χ0v) is 15.0. The first kappa shape index (κ1) is 16.7. The second-order valence-corrected chi connectivity index (χ2v) is 6.58. The number of nitrogens with one attached hydrogen (secondary N) is 1. The number of amides is 1. The molecular weight excluding hydrogens is 324 g/mol. The minimum Gasteiger partial charge on any atom is -0.496 e. The van der Waals surface area contributed by atoms with E-state index in [2.05, 4.69) is 10.2 Å². The maximum Gasteiger partial charge on any atom is 0.253 e. The maximum absolute atomic E-state index is 12.7. The number of likely N-dealkylation sites (tertiary alicyclic amines) is 1. The number of aryl methyl sites for hydroxylation is 1. The summed E-state index contributed by atoms with van der Waals surface area (Å²) in [6.45, 7) is 3.41. The number of aromatic amines is 1. The summed E-state index contributed by atoms with van der Waals surface area (Å²) in [4.78, 5) is 14.6. The summed E-state index contributed by atoms with van der Waals surface area (Å²) >= 11 is 5.17. The molecule has 0 unspecified atom stereocenters. The lowest BCUT2D eigenvalue weighted by Gasteiger charge is -2.31. The molecule has 1 aliphatic heterocycles. The monoisotopic (exact) mass is 346 g/mol. The van der Waals surface area contributed by atoms with Gasteiger partial charge >= 0.3 is 0 Å². The quantitative estimate of drug-likeness (QED) is 0.868. The summed E-state index contributed by atoms with van der Waals surface area (Å²) in [6.07, 6.45) is 1.78. The number of carbonyl (C=O) groups excluding carboxylic acids is 1. The van der Waals surface area contributed by atoms with Crippen molar-refractivity contribution >= 4 is 18.1 Å². The summed E-state index contributed by atoms with van der Waals surface area (Å²) < 4.78 is 7.87. The van der Waals surface area contributed by atoms with Crippen LogP contribution in [0.1, 0.15) is 40.5 Å². The Balaban J connectivity index is 1.69. The number of carbonyl (C=O) groups is 1. The Kier molecular flexibility index (Phi) is 4.71. The molecule has 1 aromatic heterocycles. The molecule has 3 rings (SSSR count). The van der Waals surface area contributed by atoms with Crippen LogP contribution in [0.3, 0.4) is 0 Å². The summed E-state index contributed by atoms with van der Waals surface area (Å²) in [7, 11) is 3.55. The third-order valence-corrected chi connectivity index (χ3v) is 5.08. The van der Waals surface area contributed by atoms with E-state index >= 15 is 0 Å². The van der Waals surface area contributed by atoms with Gasteiger partial charge in [0.05, 0.1) is 7.11 Å². The molecule has 0 aliphatic carbocycles. The summed E-state index contributed by atoms with van der Waals surface area (Å²) in [5, 5.41) is 7.16. The molecule has 0 spiro atoms. The maximum atomic E-state index is 12.7. The van der Waals surface area contributed by atoms with E-state index in [9.17, 15) is 4.79 Å². The van der Waals surface area contributed by atoms with Crippen LogP contribution in [0.15, 0.2) is 18.2 Å². The zero-order chi connectivity index (χ0) is 17.3. The number of methoxy groups -OCH3 is 1. The van der Waals surface area contributed by atoms with Gasteiger partial charge in [-0.15, -0.1) is 0 Å². The Labute approximate surface area is 146 Å². The van der Waals surface area contributed by atoms with Gasteiger partial charge in [0, 0.05) is 31.6 Å². The Bertz CT molecular complexity index is 803. The van der Waals surface area contributed by atoms with Gasteiger partial charge in [-0.3, -0.25) is 9.89 Å². The van der Waals surface area contributed by atoms with E-state index in [4.69, 9.17) is 17.0 Å². The number of aromatic nitrogens is 3. The Morgan fingerprint density at radius 2 is 2.08 bits per heavy atom. The molecule has 0 atom stereocenters. The van der Waals surface area contributed by atoms with Crippen LogP contribution in [-0.2, 0) is 7.05 Å². The van der Waals surface area contributed by atoms with E-state index in [1.807, 2.05) is 41.6 Å². The van der Waals surface area contributed by atoms with Crippen molar-refractivity contribution in [2.24, 2.45) is 7.05 Å². The number of hydrogen-bond donors (Lipinski definition) is 1. The van der Waals surface area contributed by atoms with Crippen molar-refractivity contribution in [1.29, 1.82) is 0 Å². The first-order chi connectivity index (χ1) is 11.5. The summed E-state index contributed by atoms with van der Waals surface area (Å²) in [5.74, 6) is 2.11. The average molecular weight is 346 g/mol. The third-order valence-electron chi connectivity index (χ3n) is 4.72. The number of rotatable bonds is 3. The molecule has 1 fully saturated rings. The molecule has 1 amide bonds. The lowest BCUT2D eigenvalue weighted by atomic mass is 9.95. The zero-order valence-electron chi connectivity index (χ0n) is 14.2. The number of piperidine rings is 1. The molecule has 1 N–H and O–H groups in total. The number of hydrogen-bond acceptors (Lipinski definition) is 4. The Hall–Kier alpha value is -2.15. The van der Waals surface area contributed by atoms with Crippen molar-refractivity contribution < 1.29 is 9.53 Å². The van der Waals surface area contributed by atoms with Crippen molar-refractivity contribution in [2.75, 3.05) is 20.2 Å². The van der Waals surface area contributed by atoms with Crippen LogP contribution in [0.4, 0.5) is 0 Å². The third kappa shape index (κ3) is 3.08. The van der Waals surface area contributed by atoms with Crippen molar-refractivity contribution in [3.8, 4) is 5.75 Å². The van der Waals surface area contributed by atoms with Gasteiger partial charge in [-0.05, 0) is 49.7 Å². The normalized spacial score (nSPS) is 15.5. The van der Waals surface area contributed by atoms with Crippen LogP contribution in [0.25, 0.3) is 0 Å². The predicted molar refractivity (Wildman–Crippen MR) is 94.0 cm³/mol. The average Bonchev–Trinajstić information content (AvgIpc) is 2.94. The van der Waals surface area contributed by atoms with Crippen molar-refractivity contribution in [3.63, 3.8) is 0 Å². The van der Waals surface area contributed by atoms with Crippen LogP contribution in [0, 0.1) is 11.7 Å². The summed E-state index contributed by atoms with van der Waals surface area (Å²) in [5.41, 5.74) is 1.70. The Morgan fingerprint density at radius 3 is 2.67 bits per heavy atom. The second-order valence-electron chi connectivity index (χ2n) is 6.20. The van der Waals surface area contributed by atoms with Crippen molar-refractivity contribution in [2.45, 2.75) is 25.7 Å². The lowest BCUT2D eigenvalue weighted by Crippen LogP contribution is -2.38. The molecular formula is C17H22N4O2S. The fraction of sp³-hybridized carbons (Fsp3) is 0.471. The van der Waals surface area contributed by atoms with Gasteiger partial charge < -0.3 is 14.2 Å². The molecule has 1 aromatic carbocycles. The van der Waals surface area contributed by atoms with E-state index in [-0.39, 0.29) is 5.91 Å². The van der Waals surface area contributed by atoms with E-state index in [0.717, 1.165) is 43.1 Å². The van der Waals surface area contributed by atoms with Gasteiger partial charge in [0.15, 0.2) is 4.77 Å². The van der Waals surface area contributed by atoms with E-state index in [0.29, 0.717) is 16.3 Å². The predicted octanol–water partition coefficient (Wildman–Crippen LogP) is 2.81. The minimum atomic E-state index is 0.0575. The second kappa shape index (κ2) is 6.76. The number of ether oxygens (including phenoxy) is 1. The molecule has 2 heterocycles.